The summed E-state index contributed by atoms with van der Waals surface area (Å²) in [6, 6.07) is 9.54. The fourth-order valence-electron chi connectivity index (χ4n) is 3.11. The summed E-state index contributed by atoms with van der Waals surface area (Å²) < 4.78 is 0. The van der Waals surface area contributed by atoms with Crippen molar-refractivity contribution in [3.05, 3.63) is 30.3 Å². The van der Waals surface area contributed by atoms with Crippen LogP contribution in [0.3, 0.4) is 0 Å². The number of aliphatic hydroxyl groups is 1. The molecule has 2 atom stereocenters. The fourth-order valence-corrected chi connectivity index (χ4v) is 3.11. The molecule has 2 aromatic rings. The van der Waals surface area contributed by atoms with Crippen LogP contribution in [0, 0.1) is 5.92 Å². The molecular weight excluding hydrogens is 306 g/mol. The van der Waals surface area contributed by atoms with Crippen LogP contribution in [0.1, 0.15) is 25.7 Å². The van der Waals surface area contributed by atoms with E-state index in [9.17, 15) is 9.90 Å². The molecule has 0 radical (unpaired) electrons. The Morgan fingerprint density at radius 1 is 1.29 bits per heavy atom. The summed E-state index contributed by atoms with van der Waals surface area (Å²) in [5, 5.41) is 22.3. The molecule has 0 aliphatic heterocycles. The summed E-state index contributed by atoms with van der Waals surface area (Å²) in [4.78, 5) is 15.3. The maximum atomic E-state index is 12.4. The molecule has 7 nitrogen and oxygen atoms in total. The van der Waals surface area contributed by atoms with Gasteiger partial charge in [0.05, 0.1) is 6.10 Å². The predicted molar refractivity (Wildman–Crippen MR) is 88.9 cm³/mol. The molecule has 1 N–H and O–H groups in total. The monoisotopic (exact) mass is 329 g/mol. The number of amides is 1. The number of likely N-dealkylation sites (N-methyl/N-ethyl adjacent to an activating group) is 1. The first-order valence-corrected chi connectivity index (χ1v) is 8.39. The van der Waals surface area contributed by atoms with Crippen molar-refractivity contribution in [1.29, 1.82) is 0 Å². The predicted octanol–water partition coefficient (Wildman–Crippen LogP) is 1.35. The molecule has 2 unspecified atom stereocenters. The highest BCUT2D eigenvalue weighted by Crippen LogP contribution is 2.24. The van der Waals surface area contributed by atoms with E-state index in [-0.39, 0.29) is 24.5 Å². The van der Waals surface area contributed by atoms with E-state index < -0.39 is 0 Å². The molecule has 7 heteroatoms. The van der Waals surface area contributed by atoms with Gasteiger partial charge in [-0.1, -0.05) is 43.2 Å². The van der Waals surface area contributed by atoms with Gasteiger partial charge in [-0.05, 0) is 18.1 Å². The molecule has 1 heterocycles. The minimum Gasteiger partial charge on any atom is -0.393 e. The van der Waals surface area contributed by atoms with Gasteiger partial charge in [0.1, 0.15) is 6.54 Å². The number of hydrogen-bond donors (Lipinski definition) is 1. The zero-order valence-electron chi connectivity index (χ0n) is 13.9. The molecule has 1 amide bonds. The standard InChI is InChI=1S/C17H23N5O2/c1-21(11-14-9-5-6-10-15(14)23)16(24)12-22-19-17(18-20-22)13-7-3-2-4-8-13/h2-4,7-8,14-15,23H,5-6,9-12H2,1H3. The quantitative estimate of drug-likeness (QED) is 0.895. The highest BCUT2D eigenvalue weighted by Gasteiger charge is 2.25. The zero-order valence-corrected chi connectivity index (χ0v) is 13.9. The highest BCUT2D eigenvalue weighted by molar-refractivity contribution is 5.75. The van der Waals surface area contributed by atoms with E-state index in [1.54, 1.807) is 11.9 Å². The Bertz CT molecular complexity index is 673. The Balaban J connectivity index is 1.57. The largest absolute Gasteiger partial charge is 0.393 e. The molecule has 1 aromatic carbocycles. The summed E-state index contributed by atoms with van der Waals surface area (Å²) in [6.45, 7) is 0.624. The second kappa shape index (κ2) is 7.53. The highest BCUT2D eigenvalue weighted by atomic mass is 16.3. The van der Waals surface area contributed by atoms with Crippen LogP contribution in [0.15, 0.2) is 30.3 Å². The molecule has 1 aromatic heterocycles. The lowest BCUT2D eigenvalue weighted by atomic mass is 9.86. The van der Waals surface area contributed by atoms with Gasteiger partial charge in [-0.15, -0.1) is 10.2 Å². The zero-order chi connectivity index (χ0) is 16.9. The minimum absolute atomic E-state index is 0.0547. The van der Waals surface area contributed by atoms with E-state index in [4.69, 9.17) is 0 Å². The molecule has 1 aliphatic carbocycles. The van der Waals surface area contributed by atoms with Crippen molar-refractivity contribution in [2.45, 2.75) is 38.3 Å². The minimum atomic E-state index is -0.303. The number of tetrazole rings is 1. The molecule has 1 aliphatic rings. The van der Waals surface area contributed by atoms with Crippen LogP contribution >= 0.6 is 0 Å². The summed E-state index contributed by atoms with van der Waals surface area (Å²) in [5.41, 5.74) is 0.870. The smallest absolute Gasteiger partial charge is 0.245 e. The van der Waals surface area contributed by atoms with Crippen molar-refractivity contribution < 1.29 is 9.90 Å². The maximum absolute atomic E-state index is 12.4. The lowest BCUT2D eigenvalue weighted by Crippen LogP contribution is -2.39. The molecule has 1 saturated carbocycles. The second-order valence-corrected chi connectivity index (χ2v) is 6.40. The van der Waals surface area contributed by atoms with Crippen molar-refractivity contribution >= 4 is 5.91 Å². The van der Waals surface area contributed by atoms with Crippen LogP contribution in [0.25, 0.3) is 11.4 Å². The van der Waals surface area contributed by atoms with Gasteiger partial charge in [-0.3, -0.25) is 4.79 Å². The van der Waals surface area contributed by atoms with Crippen LogP contribution in [0.4, 0.5) is 0 Å². The Morgan fingerprint density at radius 2 is 2.04 bits per heavy atom. The van der Waals surface area contributed by atoms with Gasteiger partial charge in [0.15, 0.2) is 0 Å². The van der Waals surface area contributed by atoms with Crippen molar-refractivity contribution in [1.82, 2.24) is 25.1 Å². The van der Waals surface area contributed by atoms with Gasteiger partial charge in [-0.2, -0.15) is 4.80 Å². The molecule has 3 rings (SSSR count). The third-order valence-corrected chi connectivity index (χ3v) is 4.56. The van der Waals surface area contributed by atoms with E-state index in [0.717, 1.165) is 31.2 Å². The number of carbonyl (C=O) groups is 1. The molecule has 0 spiro atoms. The van der Waals surface area contributed by atoms with E-state index in [2.05, 4.69) is 15.4 Å². The molecule has 0 saturated heterocycles. The number of hydrogen-bond acceptors (Lipinski definition) is 5. The normalized spacial score (nSPS) is 20.8. The van der Waals surface area contributed by atoms with Crippen LogP contribution in [-0.4, -0.2) is 55.8 Å². The Morgan fingerprint density at radius 3 is 2.79 bits per heavy atom. The van der Waals surface area contributed by atoms with Gasteiger partial charge >= 0.3 is 0 Å². The number of carbonyl (C=O) groups excluding carboxylic acids is 1. The average molecular weight is 329 g/mol. The molecule has 0 bridgehead atoms. The number of nitrogens with zero attached hydrogens (tertiary/aromatic N) is 5. The summed E-state index contributed by atoms with van der Waals surface area (Å²) in [7, 11) is 1.76. The van der Waals surface area contributed by atoms with Gasteiger partial charge in [0, 0.05) is 25.1 Å². The molecular formula is C17H23N5O2. The first-order valence-electron chi connectivity index (χ1n) is 8.39. The topological polar surface area (TPSA) is 84.1 Å². The van der Waals surface area contributed by atoms with E-state index >= 15 is 0 Å². The van der Waals surface area contributed by atoms with Crippen LogP contribution in [0.5, 0.6) is 0 Å². The average Bonchev–Trinajstić information content (AvgIpc) is 3.06. The van der Waals surface area contributed by atoms with Crippen LogP contribution in [-0.2, 0) is 11.3 Å². The first-order chi connectivity index (χ1) is 11.6. The first kappa shape index (κ1) is 16.6. The SMILES string of the molecule is CN(CC1CCCCC1O)C(=O)Cn1nnc(-c2ccccc2)n1. The lowest BCUT2D eigenvalue weighted by Gasteiger charge is -2.31. The van der Waals surface area contributed by atoms with Crippen LogP contribution < -0.4 is 0 Å². The summed E-state index contributed by atoms with van der Waals surface area (Å²) in [5.74, 6) is 0.592. The Hall–Kier alpha value is -2.28. The number of aliphatic hydroxyl groups excluding tert-OH is 1. The molecule has 1 fully saturated rings. The summed E-state index contributed by atoms with van der Waals surface area (Å²) in [6.07, 6.45) is 3.69. The number of benzene rings is 1. The number of aromatic nitrogens is 4. The summed E-state index contributed by atoms with van der Waals surface area (Å²) >= 11 is 0. The van der Waals surface area contributed by atoms with Crippen molar-refractivity contribution in [2.75, 3.05) is 13.6 Å². The number of rotatable bonds is 5. The second-order valence-electron chi connectivity index (χ2n) is 6.40. The third kappa shape index (κ3) is 3.97. The van der Waals surface area contributed by atoms with Gasteiger partial charge in [0.25, 0.3) is 0 Å². The Labute approximate surface area is 141 Å². The van der Waals surface area contributed by atoms with E-state index in [1.165, 1.54) is 4.80 Å². The maximum Gasteiger partial charge on any atom is 0.245 e. The van der Waals surface area contributed by atoms with E-state index in [1.807, 2.05) is 30.3 Å². The molecule has 128 valence electrons. The third-order valence-electron chi connectivity index (χ3n) is 4.56. The van der Waals surface area contributed by atoms with Gasteiger partial charge in [-0.25, -0.2) is 0 Å². The Kier molecular flexibility index (Phi) is 5.20. The van der Waals surface area contributed by atoms with Crippen molar-refractivity contribution in [3.8, 4) is 11.4 Å². The van der Waals surface area contributed by atoms with Gasteiger partial charge in [0.2, 0.25) is 11.7 Å². The van der Waals surface area contributed by atoms with Gasteiger partial charge < -0.3 is 10.0 Å². The fraction of sp³-hybridized carbons (Fsp3) is 0.529. The van der Waals surface area contributed by atoms with Crippen molar-refractivity contribution in [2.24, 2.45) is 5.92 Å². The van der Waals surface area contributed by atoms with E-state index in [0.29, 0.717) is 12.4 Å². The lowest BCUT2D eigenvalue weighted by molar-refractivity contribution is -0.132. The van der Waals surface area contributed by atoms with Crippen LogP contribution in [0.2, 0.25) is 0 Å². The van der Waals surface area contributed by atoms with Crippen molar-refractivity contribution in [3.63, 3.8) is 0 Å². The molecule has 24 heavy (non-hydrogen) atoms.